The average Bonchev–Trinajstić information content (AvgIpc) is 2.00. The molecule has 4 heteroatoms. The molecule has 1 heterocycles. The van der Waals surface area contributed by atoms with Gasteiger partial charge in [0.05, 0.1) is 11.0 Å². The van der Waals surface area contributed by atoms with Crippen LogP contribution in [0.2, 0.25) is 0 Å². The normalized spacial score (nSPS) is 29.1. The molecular formula is C11H21NO3. The number of likely N-dealkylation sites (tertiary alicyclic amines) is 1. The predicted molar refractivity (Wildman–Crippen MR) is 57.7 cm³/mol. The van der Waals surface area contributed by atoms with Crippen molar-refractivity contribution in [3.8, 4) is 0 Å². The molecular weight excluding hydrogens is 194 g/mol. The van der Waals surface area contributed by atoms with Crippen molar-refractivity contribution in [1.29, 1.82) is 0 Å². The van der Waals surface area contributed by atoms with Gasteiger partial charge in [0.1, 0.15) is 0 Å². The minimum absolute atomic E-state index is 0.534. The Morgan fingerprint density at radius 1 is 1.53 bits per heavy atom. The number of carboxylic acid groups (broad SMARTS) is 1. The first-order chi connectivity index (χ1) is 6.73. The summed E-state index contributed by atoms with van der Waals surface area (Å²) < 4.78 is 0. The van der Waals surface area contributed by atoms with Gasteiger partial charge in [-0.15, -0.1) is 0 Å². The average molecular weight is 215 g/mol. The fraction of sp³-hybridized carbons (Fsp3) is 0.909. The summed E-state index contributed by atoms with van der Waals surface area (Å²) in [5.41, 5.74) is -1.40. The number of aliphatic carboxylic acids is 1. The summed E-state index contributed by atoms with van der Waals surface area (Å²) in [6.45, 7) is 7.24. The Balaban J connectivity index is 2.60. The van der Waals surface area contributed by atoms with Crippen LogP contribution in [-0.2, 0) is 4.79 Å². The number of nitrogens with zero attached hydrogens (tertiary/aromatic N) is 1. The molecule has 1 aliphatic rings. The molecule has 4 nitrogen and oxygen atoms in total. The summed E-state index contributed by atoms with van der Waals surface area (Å²) in [5, 5.41) is 18.8. The smallest absolute Gasteiger partial charge is 0.310 e. The van der Waals surface area contributed by atoms with Gasteiger partial charge < -0.3 is 10.2 Å². The van der Waals surface area contributed by atoms with Gasteiger partial charge in [-0.1, -0.05) is 0 Å². The first-order valence-electron chi connectivity index (χ1n) is 5.41. The van der Waals surface area contributed by atoms with E-state index in [1.807, 2.05) is 4.90 Å². The van der Waals surface area contributed by atoms with Crippen molar-refractivity contribution in [1.82, 2.24) is 4.90 Å². The number of carboxylic acids is 1. The van der Waals surface area contributed by atoms with Crippen molar-refractivity contribution in [2.45, 2.75) is 39.2 Å². The molecule has 0 aromatic heterocycles. The molecule has 1 fully saturated rings. The SMILES string of the molecule is CC(C)(O)CN1CCCC(C)(C(=O)O)C1. The lowest BCUT2D eigenvalue weighted by Gasteiger charge is -2.39. The van der Waals surface area contributed by atoms with Gasteiger partial charge in [-0.25, -0.2) is 0 Å². The van der Waals surface area contributed by atoms with Gasteiger partial charge in [0, 0.05) is 13.1 Å². The Morgan fingerprint density at radius 3 is 2.60 bits per heavy atom. The molecule has 0 spiro atoms. The van der Waals surface area contributed by atoms with Crippen molar-refractivity contribution in [3.05, 3.63) is 0 Å². The topological polar surface area (TPSA) is 60.8 Å². The Kier molecular flexibility index (Phi) is 3.41. The molecule has 0 aromatic carbocycles. The van der Waals surface area contributed by atoms with Crippen LogP contribution in [0.25, 0.3) is 0 Å². The van der Waals surface area contributed by atoms with Crippen LogP contribution in [0.4, 0.5) is 0 Å². The summed E-state index contributed by atoms with van der Waals surface area (Å²) in [6.07, 6.45) is 1.61. The van der Waals surface area contributed by atoms with Gasteiger partial charge in [-0.3, -0.25) is 9.69 Å². The van der Waals surface area contributed by atoms with E-state index in [1.165, 1.54) is 0 Å². The summed E-state index contributed by atoms with van der Waals surface area (Å²) in [6, 6.07) is 0. The van der Waals surface area contributed by atoms with Gasteiger partial charge in [0.25, 0.3) is 0 Å². The second-order valence-corrected chi connectivity index (χ2v) is 5.49. The first kappa shape index (κ1) is 12.5. The molecule has 1 unspecified atom stereocenters. The number of hydrogen-bond acceptors (Lipinski definition) is 3. The summed E-state index contributed by atoms with van der Waals surface area (Å²) in [4.78, 5) is 13.1. The second kappa shape index (κ2) is 4.10. The van der Waals surface area contributed by atoms with E-state index < -0.39 is 17.0 Å². The molecule has 1 saturated heterocycles. The monoisotopic (exact) mass is 215 g/mol. The van der Waals surface area contributed by atoms with Crippen LogP contribution in [0.15, 0.2) is 0 Å². The second-order valence-electron chi connectivity index (χ2n) is 5.49. The molecule has 0 aliphatic carbocycles. The fourth-order valence-corrected chi connectivity index (χ4v) is 2.20. The largest absolute Gasteiger partial charge is 0.481 e. The highest BCUT2D eigenvalue weighted by Crippen LogP contribution is 2.30. The van der Waals surface area contributed by atoms with Crippen LogP contribution in [0, 0.1) is 5.41 Å². The third kappa shape index (κ3) is 3.47. The van der Waals surface area contributed by atoms with Crippen molar-refractivity contribution >= 4 is 5.97 Å². The van der Waals surface area contributed by atoms with Gasteiger partial charge in [0.15, 0.2) is 0 Å². The van der Waals surface area contributed by atoms with Crippen molar-refractivity contribution in [2.24, 2.45) is 5.41 Å². The molecule has 0 bridgehead atoms. The standard InChI is InChI=1S/C11H21NO3/c1-10(2,15)7-12-6-4-5-11(3,8-12)9(13)14/h15H,4-8H2,1-3H3,(H,13,14). The molecule has 0 aromatic rings. The van der Waals surface area contributed by atoms with E-state index in [0.29, 0.717) is 13.1 Å². The number of aliphatic hydroxyl groups is 1. The maximum atomic E-state index is 11.1. The quantitative estimate of drug-likeness (QED) is 0.735. The Labute approximate surface area is 90.9 Å². The van der Waals surface area contributed by atoms with Crippen LogP contribution in [-0.4, -0.2) is 46.3 Å². The molecule has 1 atom stereocenters. The maximum absolute atomic E-state index is 11.1. The Morgan fingerprint density at radius 2 is 2.13 bits per heavy atom. The Hall–Kier alpha value is -0.610. The number of piperidine rings is 1. The Bertz CT molecular complexity index is 247. The zero-order valence-corrected chi connectivity index (χ0v) is 9.79. The molecule has 2 N–H and O–H groups in total. The van der Waals surface area contributed by atoms with E-state index in [2.05, 4.69) is 0 Å². The molecule has 0 radical (unpaired) electrons. The van der Waals surface area contributed by atoms with E-state index in [0.717, 1.165) is 19.4 Å². The number of hydrogen-bond donors (Lipinski definition) is 2. The van der Waals surface area contributed by atoms with E-state index >= 15 is 0 Å². The zero-order chi connectivity index (χ0) is 11.7. The minimum Gasteiger partial charge on any atom is -0.481 e. The van der Waals surface area contributed by atoms with E-state index in [9.17, 15) is 9.90 Å². The number of rotatable bonds is 3. The van der Waals surface area contributed by atoms with Crippen LogP contribution in [0.1, 0.15) is 33.6 Å². The molecule has 1 rings (SSSR count). The van der Waals surface area contributed by atoms with Crippen LogP contribution >= 0.6 is 0 Å². The molecule has 0 saturated carbocycles. The van der Waals surface area contributed by atoms with Crippen LogP contribution in [0.3, 0.4) is 0 Å². The minimum atomic E-state index is -0.753. The van der Waals surface area contributed by atoms with Crippen molar-refractivity contribution in [2.75, 3.05) is 19.6 Å². The van der Waals surface area contributed by atoms with Gasteiger partial charge in [-0.2, -0.15) is 0 Å². The number of β-amino-alcohol motifs (C(OH)–C–C–N with tert-alkyl or cyclic N) is 1. The van der Waals surface area contributed by atoms with Gasteiger partial charge in [0.2, 0.25) is 0 Å². The van der Waals surface area contributed by atoms with Gasteiger partial charge in [-0.05, 0) is 40.2 Å². The first-order valence-corrected chi connectivity index (χ1v) is 5.41. The lowest BCUT2D eigenvalue weighted by Crippen LogP contribution is -2.50. The molecule has 88 valence electrons. The van der Waals surface area contributed by atoms with E-state index in [1.54, 1.807) is 20.8 Å². The summed E-state index contributed by atoms with van der Waals surface area (Å²) in [7, 11) is 0. The zero-order valence-electron chi connectivity index (χ0n) is 9.79. The van der Waals surface area contributed by atoms with Crippen LogP contribution < -0.4 is 0 Å². The maximum Gasteiger partial charge on any atom is 0.310 e. The number of carbonyl (C=O) groups is 1. The van der Waals surface area contributed by atoms with E-state index in [4.69, 9.17) is 5.11 Å². The van der Waals surface area contributed by atoms with Crippen molar-refractivity contribution < 1.29 is 15.0 Å². The predicted octanol–water partition coefficient (Wildman–Crippen LogP) is 0.944. The summed E-state index contributed by atoms with van der Waals surface area (Å²) >= 11 is 0. The lowest BCUT2D eigenvalue weighted by atomic mass is 9.81. The third-order valence-corrected chi connectivity index (χ3v) is 2.90. The highest BCUT2D eigenvalue weighted by molar-refractivity contribution is 5.74. The van der Waals surface area contributed by atoms with Gasteiger partial charge >= 0.3 is 5.97 Å². The highest BCUT2D eigenvalue weighted by Gasteiger charge is 2.38. The van der Waals surface area contributed by atoms with E-state index in [-0.39, 0.29) is 0 Å². The molecule has 1 aliphatic heterocycles. The van der Waals surface area contributed by atoms with Crippen molar-refractivity contribution in [3.63, 3.8) is 0 Å². The fourth-order valence-electron chi connectivity index (χ4n) is 2.20. The third-order valence-electron chi connectivity index (χ3n) is 2.90. The molecule has 0 amide bonds. The lowest BCUT2D eigenvalue weighted by molar-refractivity contribution is -0.152. The van der Waals surface area contributed by atoms with Crippen LogP contribution in [0.5, 0.6) is 0 Å². The molecule has 15 heavy (non-hydrogen) atoms. The summed E-state index contributed by atoms with van der Waals surface area (Å²) in [5.74, 6) is -0.733. The highest BCUT2D eigenvalue weighted by atomic mass is 16.4.